The molecule has 6 heteroatoms. The zero-order valence-corrected chi connectivity index (χ0v) is 15.2. The number of nitrogens with zero attached hydrogens (tertiary/aromatic N) is 3. The first kappa shape index (κ1) is 17.5. The highest BCUT2D eigenvalue weighted by Crippen LogP contribution is 2.25. The van der Waals surface area contributed by atoms with Crippen LogP contribution in [-0.2, 0) is 16.1 Å². The van der Waals surface area contributed by atoms with E-state index in [1.165, 1.54) is 0 Å². The molecule has 0 spiro atoms. The number of aryl methyl sites for hydroxylation is 1. The predicted octanol–water partition coefficient (Wildman–Crippen LogP) is 2.19. The average molecular weight is 342 g/mol. The molecule has 0 saturated carbocycles. The van der Waals surface area contributed by atoms with E-state index in [0.717, 1.165) is 23.9 Å². The van der Waals surface area contributed by atoms with Crippen LogP contribution >= 0.6 is 0 Å². The van der Waals surface area contributed by atoms with Crippen molar-refractivity contribution in [3.63, 3.8) is 0 Å². The van der Waals surface area contributed by atoms with E-state index in [4.69, 9.17) is 0 Å². The predicted molar refractivity (Wildman–Crippen MR) is 96.9 cm³/mol. The van der Waals surface area contributed by atoms with Crippen molar-refractivity contribution >= 4 is 22.7 Å². The van der Waals surface area contributed by atoms with E-state index in [-0.39, 0.29) is 23.3 Å². The minimum absolute atomic E-state index is 0.0228. The molecule has 1 N–H and O–H groups in total. The number of carbonyl (C=O) groups excluding carboxylic acids is 2. The van der Waals surface area contributed by atoms with Crippen LogP contribution in [-0.4, -0.2) is 45.1 Å². The van der Waals surface area contributed by atoms with E-state index in [1.807, 2.05) is 55.9 Å². The maximum Gasteiger partial charge on any atom is 0.225 e. The Morgan fingerprint density at radius 2 is 2.08 bits per heavy atom. The Morgan fingerprint density at radius 1 is 1.32 bits per heavy atom. The molecule has 1 aromatic heterocycles. The molecular formula is C19H26N4O2. The lowest BCUT2D eigenvalue weighted by molar-refractivity contribution is -0.132. The Hall–Kier alpha value is -2.37. The molecule has 0 aliphatic carbocycles. The number of para-hydroxylation sites is 1. The molecule has 1 aliphatic rings. The van der Waals surface area contributed by atoms with Gasteiger partial charge in [0, 0.05) is 37.0 Å². The Labute approximate surface area is 148 Å². The number of rotatable bonds is 5. The molecule has 3 rings (SSSR count). The van der Waals surface area contributed by atoms with Gasteiger partial charge >= 0.3 is 0 Å². The van der Waals surface area contributed by atoms with Gasteiger partial charge in [-0.25, -0.2) is 0 Å². The molecule has 2 heterocycles. The van der Waals surface area contributed by atoms with Gasteiger partial charge in [0.2, 0.25) is 11.8 Å². The van der Waals surface area contributed by atoms with Crippen molar-refractivity contribution in [3.8, 4) is 0 Å². The van der Waals surface area contributed by atoms with E-state index >= 15 is 0 Å². The normalized spacial score (nSPS) is 18.1. The molecule has 1 atom stereocenters. The summed E-state index contributed by atoms with van der Waals surface area (Å²) >= 11 is 0. The first-order valence-corrected chi connectivity index (χ1v) is 8.85. The number of hydrogen-bond donors (Lipinski definition) is 1. The molecule has 2 aromatic rings. The number of fused-ring (bicyclic) bond motifs is 1. The Balaban J connectivity index is 1.46. The van der Waals surface area contributed by atoms with Crippen LogP contribution in [0.2, 0.25) is 0 Å². The van der Waals surface area contributed by atoms with Gasteiger partial charge in [-0.05, 0) is 33.3 Å². The first-order valence-electron chi connectivity index (χ1n) is 8.85. The van der Waals surface area contributed by atoms with Crippen LogP contribution in [0.1, 0.15) is 33.6 Å². The molecule has 1 saturated heterocycles. The van der Waals surface area contributed by atoms with E-state index < -0.39 is 0 Å². The lowest BCUT2D eigenvalue weighted by atomic mass is 10.1. The lowest BCUT2D eigenvalue weighted by Gasteiger charge is -2.31. The van der Waals surface area contributed by atoms with Crippen molar-refractivity contribution < 1.29 is 9.59 Å². The Morgan fingerprint density at radius 3 is 2.80 bits per heavy atom. The monoisotopic (exact) mass is 342 g/mol. The summed E-state index contributed by atoms with van der Waals surface area (Å²) in [7, 11) is 0. The van der Waals surface area contributed by atoms with Crippen LogP contribution in [0, 0.1) is 5.92 Å². The van der Waals surface area contributed by atoms with E-state index in [9.17, 15) is 9.59 Å². The highest BCUT2D eigenvalue weighted by molar-refractivity contribution is 5.89. The van der Waals surface area contributed by atoms with Gasteiger partial charge in [-0.15, -0.1) is 0 Å². The Kier molecular flexibility index (Phi) is 4.79. The first-order chi connectivity index (χ1) is 11.9. The van der Waals surface area contributed by atoms with Crippen molar-refractivity contribution in [1.29, 1.82) is 0 Å². The average Bonchev–Trinajstić information content (AvgIpc) is 3.15. The van der Waals surface area contributed by atoms with Gasteiger partial charge in [0.25, 0.3) is 0 Å². The second kappa shape index (κ2) is 6.86. The van der Waals surface area contributed by atoms with E-state index in [1.54, 1.807) is 4.90 Å². The Bertz CT molecular complexity index is 775. The smallest absolute Gasteiger partial charge is 0.225 e. The standard InChI is InChI=1S/C19H26N4O2/c1-19(2,3)22-13-15(11-17(22)24)18(25)20-9-6-10-23-16-8-5-4-7-14(16)12-21-23/h4-5,7-8,12,15H,6,9-11,13H2,1-3H3,(H,20,25)/t15-/m1/s1. The van der Waals surface area contributed by atoms with Crippen molar-refractivity contribution in [1.82, 2.24) is 20.0 Å². The van der Waals surface area contributed by atoms with Crippen LogP contribution in [0.3, 0.4) is 0 Å². The molecule has 0 bridgehead atoms. The number of nitrogens with one attached hydrogen (secondary N) is 1. The zero-order valence-electron chi connectivity index (χ0n) is 15.2. The molecule has 134 valence electrons. The largest absolute Gasteiger partial charge is 0.356 e. The number of benzene rings is 1. The SMILES string of the molecule is CC(C)(C)N1C[C@H](C(=O)NCCCn2ncc3ccccc32)CC1=O. The van der Waals surface area contributed by atoms with Gasteiger partial charge in [0.05, 0.1) is 17.6 Å². The third-order valence-electron chi connectivity index (χ3n) is 4.70. The van der Waals surface area contributed by atoms with Gasteiger partial charge in [-0.1, -0.05) is 18.2 Å². The molecule has 1 fully saturated rings. The number of carbonyl (C=O) groups is 2. The second-order valence-corrected chi connectivity index (χ2v) is 7.65. The fourth-order valence-corrected chi connectivity index (χ4v) is 3.32. The van der Waals surface area contributed by atoms with Crippen LogP contribution in [0.25, 0.3) is 10.9 Å². The summed E-state index contributed by atoms with van der Waals surface area (Å²) in [5.74, 6) is -0.196. The van der Waals surface area contributed by atoms with E-state index in [2.05, 4.69) is 10.4 Å². The number of likely N-dealkylation sites (tertiary alicyclic amines) is 1. The molecule has 25 heavy (non-hydrogen) atoms. The maximum atomic E-state index is 12.3. The van der Waals surface area contributed by atoms with Crippen molar-refractivity contribution in [2.24, 2.45) is 5.92 Å². The van der Waals surface area contributed by atoms with Gasteiger partial charge in [0.1, 0.15) is 0 Å². The molecule has 2 amide bonds. The summed E-state index contributed by atoms with van der Waals surface area (Å²) in [6.45, 7) is 7.86. The van der Waals surface area contributed by atoms with E-state index in [0.29, 0.717) is 19.5 Å². The fourth-order valence-electron chi connectivity index (χ4n) is 3.32. The van der Waals surface area contributed by atoms with Crippen molar-refractivity contribution in [3.05, 3.63) is 30.5 Å². The summed E-state index contributed by atoms with van der Waals surface area (Å²) in [6.07, 6.45) is 2.98. The second-order valence-electron chi connectivity index (χ2n) is 7.65. The molecule has 1 aromatic carbocycles. The number of aromatic nitrogens is 2. The van der Waals surface area contributed by atoms with Crippen LogP contribution in [0.15, 0.2) is 30.5 Å². The zero-order chi connectivity index (χ0) is 18.0. The van der Waals surface area contributed by atoms with Crippen molar-refractivity contribution in [2.75, 3.05) is 13.1 Å². The quantitative estimate of drug-likeness (QED) is 0.847. The molecular weight excluding hydrogens is 316 g/mol. The summed E-state index contributed by atoms with van der Waals surface area (Å²) in [5, 5.41) is 8.48. The van der Waals surface area contributed by atoms with Gasteiger partial charge in [-0.3, -0.25) is 14.3 Å². The third kappa shape index (κ3) is 3.83. The molecule has 6 nitrogen and oxygen atoms in total. The fraction of sp³-hybridized carbons (Fsp3) is 0.526. The van der Waals surface area contributed by atoms with Crippen LogP contribution in [0.4, 0.5) is 0 Å². The highest BCUT2D eigenvalue weighted by atomic mass is 16.2. The summed E-state index contributed by atoms with van der Waals surface area (Å²) in [4.78, 5) is 26.2. The molecule has 0 radical (unpaired) electrons. The van der Waals surface area contributed by atoms with Gasteiger partial charge in [0.15, 0.2) is 0 Å². The van der Waals surface area contributed by atoms with Crippen LogP contribution < -0.4 is 5.32 Å². The highest BCUT2D eigenvalue weighted by Gasteiger charge is 2.39. The van der Waals surface area contributed by atoms with Gasteiger partial charge < -0.3 is 10.2 Å². The minimum Gasteiger partial charge on any atom is -0.356 e. The topological polar surface area (TPSA) is 67.2 Å². The summed E-state index contributed by atoms with van der Waals surface area (Å²) < 4.78 is 1.96. The number of hydrogen-bond acceptors (Lipinski definition) is 3. The van der Waals surface area contributed by atoms with Crippen LogP contribution in [0.5, 0.6) is 0 Å². The molecule has 1 aliphatic heterocycles. The number of amides is 2. The maximum absolute atomic E-state index is 12.3. The van der Waals surface area contributed by atoms with Gasteiger partial charge in [-0.2, -0.15) is 5.10 Å². The summed E-state index contributed by atoms with van der Waals surface area (Å²) in [6, 6.07) is 8.09. The molecule has 0 unspecified atom stereocenters. The lowest BCUT2D eigenvalue weighted by Crippen LogP contribution is -2.43. The third-order valence-corrected chi connectivity index (χ3v) is 4.70. The summed E-state index contributed by atoms with van der Waals surface area (Å²) in [5.41, 5.74) is 0.879. The van der Waals surface area contributed by atoms with Crippen molar-refractivity contribution in [2.45, 2.75) is 45.7 Å². The minimum atomic E-state index is -0.239.